The second kappa shape index (κ2) is 7.77. The van der Waals surface area contributed by atoms with Gasteiger partial charge in [-0.05, 0) is 58.0 Å². The number of carbonyl (C=O) groups excluding carboxylic acids is 1. The number of anilines is 2. The van der Waals surface area contributed by atoms with E-state index in [2.05, 4.69) is 10.3 Å². The Morgan fingerprint density at radius 3 is 2.58 bits per heavy atom. The lowest BCUT2D eigenvalue weighted by atomic mass is 10.0. The van der Waals surface area contributed by atoms with E-state index in [4.69, 9.17) is 5.73 Å². The first-order valence-electron chi connectivity index (χ1n) is 7.68. The maximum absolute atomic E-state index is 14.3. The first-order chi connectivity index (χ1) is 12.5. The number of nitrogen functional groups attached to an aromatic ring is 1. The summed E-state index contributed by atoms with van der Waals surface area (Å²) < 4.78 is 29.2. The highest BCUT2D eigenvalue weighted by molar-refractivity contribution is 14.1. The number of para-hydroxylation sites is 2. The van der Waals surface area contributed by atoms with E-state index in [0.717, 1.165) is 9.77 Å². The van der Waals surface area contributed by atoms with E-state index >= 15 is 0 Å². The summed E-state index contributed by atoms with van der Waals surface area (Å²) in [7, 11) is 0. The van der Waals surface area contributed by atoms with Gasteiger partial charge in [0.1, 0.15) is 5.82 Å². The van der Waals surface area contributed by atoms with Gasteiger partial charge in [0.15, 0.2) is 5.82 Å². The largest absolute Gasteiger partial charge is 0.397 e. The van der Waals surface area contributed by atoms with Crippen molar-refractivity contribution >= 4 is 39.9 Å². The molecule has 0 radical (unpaired) electrons. The van der Waals surface area contributed by atoms with E-state index in [0.29, 0.717) is 16.9 Å². The summed E-state index contributed by atoms with van der Waals surface area (Å²) >= 11 is 2.00. The van der Waals surface area contributed by atoms with Crippen molar-refractivity contribution in [3.8, 4) is 0 Å². The number of nitrogens with one attached hydrogen (secondary N) is 1. The minimum absolute atomic E-state index is 0.0422. The van der Waals surface area contributed by atoms with Crippen molar-refractivity contribution in [2.24, 2.45) is 0 Å². The fraction of sp³-hybridized carbons (Fsp3) is 0.0526. The van der Waals surface area contributed by atoms with Crippen LogP contribution < -0.4 is 11.1 Å². The summed E-state index contributed by atoms with van der Waals surface area (Å²) in [6, 6.07) is 11.4. The van der Waals surface area contributed by atoms with Gasteiger partial charge < -0.3 is 11.1 Å². The number of hydrogen-bond donors (Lipinski definition) is 2. The van der Waals surface area contributed by atoms with E-state index in [1.807, 2.05) is 22.6 Å². The number of halogens is 3. The highest BCUT2D eigenvalue weighted by atomic mass is 127. The van der Waals surface area contributed by atoms with Crippen LogP contribution >= 0.6 is 22.6 Å². The fourth-order valence-corrected chi connectivity index (χ4v) is 2.98. The number of carbonyl (C=O) groups is 1. The molecule has 26 heavy (non-hydrogen) atoms. The molecule has 0 aliphatic carbocycles. The first-order valence-corrected chi connectivity index (χ1v) is 8.75. The number of aromatic nitrogens is 1. The van der Waals surface area contributed by atoms with Crippen LogP contribution in [0.25, 0.3) is 0 Å². The molecule has 1 aromatic heterocycles. The molecule has 0 fully saturated rings. The number of pyridine rings is 1. The lowest BCUT2D eigenvalue weighted by Gasteiger charge is -2.12. The molecule has 7 heteroatoms. The minimum Gasteiger partial charge on any atom is -0.397 e. The zero-order chi connectivity index (χ0) is 18.7. The van der Waals surface area contributed by atoms with Crippen molar-refractivity contribution in [1.82, 2.24) is 4.98 Å². The Morgan fingerprint density at radius 2 is 1.85 bits per heavy atom. The van der Waals surface area contributed by atoms with Gasteiger partial charge in [0.25, 0.3) is 5.91 Å². The van der Waals surface area contributed by atoms with Crippen LogP contribution in [0.2, 0.25) is 0 Å². The maximum Gasteiger partial charge on any atom is 0.259 e. The molecule has 0 unspecified atom stereocenters. The number of benzene rings is 2. The van der Waals surface area contributed by atoms with Crippen molar-refractivity contribution in [3.63, 3.8) is 0 Å². The zero-order valence-electron chi connectivity index (χ0n) is 13.5. The molecule has 0 saturated heterocycles. The fourth-order valence-electron chi connectivity index (χ4n) is 2.53. The van der Waals surface area contributed by atoms with Crippen molar-refractivity contribution < 1.29 is 13.6 Å². The topological polar surface area (TPSA) is 68.0 Å². The maximum atomic E-state index is 14.3. The first kappa shape index (κ1) is 18.2. The summed E-state index contributed by atoms with van der Waals surface area (Å²) in [6.45, 7) is 0. The summed E-state index contributed by atoms with van der Waals surface area (Å²) in [5.74, 6) is -1.86. The van der Waals surface area contributed by atoms with Gasteiger partial charge in [0, 0.05) is 16.2 Å². The van der Waals surface area contributed by atoms with Gasteiger partial charge in [-0.25, -0.2) is 8.78 Å². The zero-order valence-corrected chi connectivity index (χ0v) is 15.6. The molecule has 0 atom stereocenters. The second-order valence-electron chi connectivity index (χ2n) is 5.61. The van der Waals surface area contributed by atoms with Gasteiger partial charge >= 0.3 is 0 Å². The SMILES string of the molecule is Nc1ccccc1NC(=O)c1c(F)cncc1Cc1ccc(I)cc1F. The predicted octanol–water partition coefficient (Wildman–Crippen LogP) is 4.39. The van der Waals surface area contributed by atoms with Gasteiger partial charge in [0.2, 0.25) is 0 Å². The van der Waals surface area contributed by atoms with Crippen LogP contribution in [0.3, 0.4) is 0 Å². The van der Waals surface area contributed by atoms with Crippen molar-refractivity contribution in [1.29, 1.82) is 0 Å². The highest BCUT2D eigenvalue weighted by Gasteiger charge is 2.19. The van der Waals surface area contributed by atoms with Gasteiger partial charge in [0.05, 0.1) is 23.1 Å². The Morgan fingerprint density at radius 1 is 1.08 bits per heavy atom. The Balaban J connectivity index is 1.94. The summed E-state index contributed by atoms with van der Waals surface area (Å²) in [5.41, 5.74) is 7.01. The van der Waals surface area contributed by atoms with Gasteiger partial charge in [-0.2, -0.15) is 0 Å². The molecule has 0 saturated carbocycles. The van der Waals surface area contributed by atoms with E-state index in [9.17, 15) is 13.6 Å². The Bertz CT molecular complexity index is 979. The van der Waals surface area contributed by atoms with E-state index in [1.165, 1.54) is 12.3 Å². The molecule has 2 aromatic carbocycles. The molecule has 3 rings (SSSR count). The molecular weight excluding hydrogens is 451 g/mol. The number of nitrogens with zero attached hydrogens (tertiary/aromatic N) is 1. The molecule has 4 nitrogen and oxygen atoms in total. The second-order valence-corrected chi connectivity index (χ2v) is 6.85. The third kappa shape index (κ3) is 3.98. The smallest absolute Gasteiger partial charge is 0.259 e. The van der Waals surface area contributed by atoms with Crippen LogP contribution in [0, 0.1) is 15.2 Å². The third-order valence-electron chi connectivity index (χ3n) is 3.81. The molecule has 1 amide bonds. The molecule has 132 valence electrons. The number of nitrogens with two attached hydrogens (primary N) is 1. The Labute approximate surface area is 162 Å². The van der Waals surface area contributed by atoms with Crippen LogP contribution in [0.5, 0.6) is 0 Å². The standard InChI is InChI=1S/C19H14F2IN3O/c20-14-8-13(22)6-5-11(14)7-12-9-24-10-15(21)18(12)19(26)25-17-4-2-1-3-16(17)23/h1-6,8-10H,7,23H2,(H,25,26). The molecular formula is C19H14F2IN3O. The molecule has 1 heterocycles. The average Bonchev–Trinajstić information content (AvgIpc) is 2.59. The average molecular weight is 465 g/mol. The van der Waals surface area contributed by atoms with Crippen LogP contribution in [0.15, 0.2) is 54.9 Å². The molecule has 0 aliphatic rings. The van der Waals surface area contributed by atoms with E-state index < -0.39 is 17.5 Å². The van der Waals surface area contributed by atoms with Gasteiger partial charge in [-0.3, -0.25) is 9.78 Å². The van der Waals surface area contributed by atoms with Crippen molar-refractivity contribution in [3.05, 3.63) is 86.8 Å². The molecule has 0 spiro atoms. The lowest BCUT2D eigenvalue weighted by molar-refractivity contribution is 0.102. The monoisotopic (exact) mass is 465 g/mol. The summed E-state index contributed by atoms with van der Waals surface area (Å²) in [5, 5.41) is 2.59. The van der Waals surface area contributed by atoms with E-state index in [-0.39, 0.29) is 17.5 Å². The molecule has 3 aromatic rings. The number of rotatable bonds is 4. The Hall–Kier alpha value is -2.55. The molecule has 0 bridgehead atoms. The Kier molecular flexibility index (Phi) is 5.46. The lowest BCUT2D eigenvalue weighted by Crippen LogP contribution is -2.18. The van der Waals surface area contributed by atoms with Gasteiger partial charge in [-0.1, -0.05) is 18.2 Å². The minimum atomic E-state index is -0.777. The van der Waals surface area contributed by atoms with Crippen molar-refractivity contribution in [2.45, 2.75) is 6.42 Å². The van der Waals surface area contributed by atoms with Crippen LogP contribution in [0.1, 0.15) is 21.5 Å². The van der Waals surface area contributed by atoms with Crippen LogP contribution in [-0.2, 0) is 6.42 Å². The molecule has 0 aliphatic heterocycles. The predicted molar refractivity (Wildman–Crippen MR) is 105 cm³/mol. The van der Waals surface area contributed by atoms with Crippen molar-refractivity contribution in [2.75, 3.05) is 11.1 Å². The quantitative estimate of drug-likeness (QED) is 0.444. The van der Waals surface area contributed by atoms with Crippen LogP contribution in [-0.4, -0.2) is 10.9 Å². The van der Waals surface area contributed by atoms with E-state index in [1.54, 1.807) is 36.4 Å². The number of amides is 1. The summed E-state index contributed by atoms with van der Waals surface area (Å²) in [6.07, 6.45) is 2.36. The molecule has 3 N–H and O–H groups in total. The normalized spacial score (nSPS) is 10.6. The third-order valence-corrected chi connectivity index (χ3v) is 4.48. The highest BCUT2D eigenvalue weighted by Crippen LogP contribution is 2.23. The summed E-state index contributed by atoms with van der Waals surface area (Å²) in [4.78, 5) is 16.4. The van der Waals surface area contributed by atoms with Gasteiger partial charge in [-0.15, -0.1) is 0 Å². The number of hydrogen-bond acceptors (Lipinski definition) is 3. The van der Waals surface area contributed by atoms with Crippen LogP contribution in [0.4, 0.5) is 20.2 Å².